The molecule has 0 aliphatic carbocycles. The summed E-state index contributed by atoms with van der Waals surface area (Å²) in [5.74, 6) is 1.65. The molecule has 0 aliphatic rings. The van der Waals surface area contributed by atoms with Crippen LogP contribution in [0.1, 0.15) is 13.8 Å². The number of hydrogen-bond donors (Lipinski definition) is 0. The lowest BCUT2D eigenvalue weighted by Crippen LogP contribution is -2.07. The Balaban J connectivity index is 1.90. The van der Waals surface area contributed by atoms with Crippen LogP contribution < -0.4 is 9.47 Å². The van der Waals surface area contributed by atoms with Gasteiger partial charge in [-0.25, -0.2) is 4.98 Å². The van der Waals surface area contributed by atoms with E-state index < -0.39 is 0 Å². The van der Waals surface area contributed by atoms with Gasteiger partial charge in [-0.1, -0.05) is 28.4 Å². The van der Waals surface area contributed by atoms with Crippen molar-refractivity contribution >= 4 is 23.2 Å². The molecule has 25 heavy (non-hydrogen) atoms. The Bertz CT molecular complexity index is 897. The highest BCUT2D eigenvalue weighted by atomic mass is 35.5. The smallest absolute Gasteiger partial charge is 0.259 e. The number of pyridine rings is 1. The molecule has 0 amide bonds. The molecule has 0 N–H and O–H groups in total. The van der Waals surface area contributed by atoms with Gasteiger partial charge in [0.2, 0.25) is 11.7 Å². The van der Waals surface area contributed by atoms with Gasteiger partial charge in [0.15, 0.2) is 0 Å². The molecule has 3 aromatic rings. The van der Waals surface area contributed by atoms with E-state index >= 15 is 0 Å². The second-order valence-electron chi connectivity index (χ2n) is 5.45. The zero-order valence-electron chi connectivity index (χ0n) is 13.8. The van der Waals surface area contributed by atoms with Crippen molar-refractivity contribution in [3.8, 4) is 34.5 Å². The van der Waals surface area contributed by atoms with Gasteiger partial charge in [0.05, 0.1) is 23.8 Å². The van der Waals surface area contributed by atoms with E-state index in [0.29, 0.717) is 38.6 Å². The number of aromatic nitrogens is 3. The van der Waals surface area contributed by atoms with Crippen LogP contribution in [0.3, 0.4) is 0 Å². The van der Waals surface area contributed by atoms with Crippen LogP contribution in [-0.2, 0) is 0 Å². The Morgan fingerprint density at radius 1 is 1.12 bits per heavy atom. The molecule has 130 valence electrons. The maximum absolute atomic E-state index is 6.24. The van der Waals surface area contributed by atoms with Crippen LogP contribution in [0.4, 0.5) is 0 Å². The SMILES string of the molecule is COc1ccc(-c2noc(-c3cnc(OC(C)C)c(Cl)c3)n2)c(Cl)c1. The topological polar surface area (TPSA) is 70.3 Å². The molecule has 2 aromatic heterocycles. The Labute approximate surface area is 154 Å². The molecule has 0 fully saturated rings. The highest BCUT2D eigenvalue weighted by Crippen LogP contribution is 2.32. The van der Waals surface area contributed by atoms with Gasteiger partial charge in [0.1, 0.15) is 10.8 Å². The van der Waals surface area contributed by atoms with Gasteiger partial charge in [-0.05, 0) is 38.1 Å². The Hall–Kier alpha value is -2.31. The Morgan fingerprint density at radius 3 is 2.56 bits per heavy atom. The molecular weight excluding hydrogens is 365 g/mol. The number of halogens is 2. The van der Waals surface area contributed by atoms with Gasteiger partial charge in [0.25, 0.3) is 5.89 Å². The number of ether oxygens (including phenoxy) is 2. The van der Waals surface area contributed by atoms with E-state index in [1.54, 1.807) is 37.6 Å². The standard InChI is InChI=1S/C17H15Cl2N3O3/c1-9(2)24-17-14(19)6-10(8-20-17)16-21-15(22-25-16)12-5-4-11(23-3)7-13(12)18/h4-9H,1-3H3. The van der Waals surface area contributed by atoms with Crippen molar-refractivity contribution in [2.24, 2.45) is 0 Å². The van der Waals surface area contributed by atoms with E-state index in [1.165, 1.54) is 0 Å². The predicted octanol–water partition coefficient (Wildman–Crippen LogP) is 4.90. The van der Waals surface area contributed by atoms with Gasteiger partial charge < -0.3 is 14.0 Å². The van der Waals surface area contributed by atoms with Crippen molar-refractivity contribution in [3.63, 3.8) is 0 Å². The second kappa shape index (κ2) is 7.29. The zero-order chi connectivity index (χ0) is 18.0. The van der Waals surface area contributed by atoms with Crippen molar-refractivity contribution in [3.05, 3.63) is 40.5 Å². The number of rotatable bonds is 5. The molecule has 0 spiro atoms. The molecule has 2 heterocycles. The van der Waals surface area contributed by atoms with Crippen molar-refractivity contribution < 1.29 is 14.0 Å². The monoisotopic (exact) mass is 379 g/mol. The summed E-state index contributed by atoms with van der Waals surface area (Å²) >= 11 is 12.4. The normalized spacial score (nSPS) is 11.0. The lowest BCUT2D eigenvalue weighted by molar-refractivity contribution is 0.233. The van der Waals surface area contributed by atoms with Gasteiger partial charge in [0, 0.05) is 11.8 Å². The van der Waals surface area contributed by atoms with Crippen molar-refractivity contribution in [2.45, 2.75) is 20.0 Å². The summed E-state index contributed by atoms with van der Waals surface area (Å²) in [7, 11) is 1.57. The van der Waals surface area contributed by atoms with Gasteiger partial charge in [-0.3, -0.25) is 0 Å². The molecule has 6 nitrogen and oxygen atoms in total. The summed E-state index contributed by atoms with van der Waals surface area (Å²) < 4.78 is 15.9. The van der Waals surface area contributed by atoms with E-state index in [-0.39, 0.29) is 12.0 Å². The molecule has 0 atom stereocenters. The number of methoxy groups -OCH3 is 1. The summed E-state index contributed by atoms with van der Waals surface area (Å²) in [6.07, 6.45) is 1.54. The zero-order valence-corrected chi connectivity index (χ0v) is 15.3. The average Bonchev–Trinajstić information content (AvgIpc) is 3.06. The first-order chi connectivity index (χ1) is 12.0. The first kappa shape index (κ1) is 17.5. The van der Waals surface area contributed by atoms with E-state index in [4.69, 9.17) is 37.2 Å². The Morgan fingerprint density at radius 2 is 1.92 bits per heavy atom. The molecule has 0 unspecified atom stereocenters. The van der Waals surface area contributed by atoms with Crippen LogP contribution in [0.5, 0.6) is 11.6 Å². The van der Waals surface area contributed by atoms with Gasteiger partial charge in [-0.2, -0.15) is 4.98 Å². The molecular formula is C17H15Cl2N3O3. The van der Waals surface area contributed by atoms with Crippen molar-refractivity contribution in [2.75, 3.05) is 7.11 Å². The van der Waals surface area contributed by atoms with Crippen LogP contribution in [-0.4, -0.2) is 28.3 Å². The van der Waals surface area contributed by atoms with E-state index in [9.17, 15) is 0 Å². The van der Waals surface area contributed by atoms with Crippen LogP contribution in [0, 0.1) is 0 Å². The predicted molar refractivity (Wildman–Crippen MR) is 95.3 cm³/mol. The first-order valence-electron chi connectivity index (χ1n) is 7.48. The average molecular weight is 380 g/mol. The third kappa shape index (κ3) is 3.86. The molecule has 0 saturated heterocycles. The third-order valence-electron chi connectivity index (χ3n) is 3.24. The molecule has 3 rings (SSSR count). The quantitative estimate of drug-likeness (QED) is 0.627. The van der Waals surface area contributed by atoms with Crippen molar-refractivity contribution in [1.29, 1.82) is 0 Å². The molecule has 0 radical (unpaired) electrons. The third-order valence-corrected chi connectivity index (χ3v) is 3.83. The van der Waals surface area contributed by atoms with Crippen LogP contribution in [0.25, 0.3) is 22.8 Å². The fraction of sp³-hybridized carbons (Fsp3) is 0.235. The fourth-order valence-electron chi connectivity index (χ4n) is 2.11. The lowest BCUT2D eigenvalue weighted by Gasteiger charge is -2.09. The summed E-state index contributed by atoms with van der Waals surface area (Å²) in [5.41, 5.74) is 1.22. The summed E-state index contributed by atoms with van der Waals surface area (Å²) in [5, 5.41) is 4.80. The number of nitrogens with zero attached hydrogens (tertiary/aromatic N) is 3. The fourth-order valence-corrected chi connectivity index (χ4v) is 2.57. The lowest BCUT2D eigenvalue weighted by atomic mass is 10.2. The molecule has 0 bridgehead atoms. The van der Waals surface area contributed by atoms with E-state index in [0.717, 1.165) is 0 Å². The minimum absolute atomic E-state index is 0.0249. The van der Waals surface area contributed by atoms with E-state index in [2.05, 4.69) is 15.1 Å². The summed E-state index contributed by atoms with van der Waals surface area (Å²) in [6, 6.07) is 6.89. The van der Waals surface area contributed by atoms with Crippen LogP contribution >= 0.6 is 23.2 Å². The summed E-state index contributed by atoms with van der Waals surface area (Å²) in [6.45, 7) is 3.80. The van der Waals surface area contributed by atoms with E-state index in [1.807, 2.05) is 13.8 Å². The van der Waals surface area contributed by atoms with Crippen LogP contribution in [0.2, 0.25) is 10.0 Å². The largest absolute Gasteiger partial charge is 0.497 e. The number of hydrogen-bond acceptors (Lipinski definition) is 6. The van der Waals surface area contributed by atoms with Crippen LogP contribution in [0.15, 0.2) is 35.0 Å². The molecule has 1 aromatic carbocycles. The molecule has 8 heteroatoms. The maximum Gasteiger partial charge on any atom is 0.259 e. The van der Waals surface area contributed by atoms with Gasteiger partial charge >= 0.3 is 0 Å². The minimum Gasteiger partial charge on any atom is -0.497 e. The van der Waals surface area contributed by atoms with Crippen molar-refractivity contribution in [1.82, 2.24) is 15.1 Å². The number of benzene rings is 1. The first-order valence-corrected chi connectivity index (χ1v) is 8.23. The highest BCUT2D eigenvalue weighted by molar-refractivity contribution is 6.33. The Kier molecular flexibility index (Phi) is 5.11. The molecule has 0 saturated carbocycles. The minimum atomic E-state index is -0.0249. The summed E-state index contributed by atoms with van der Waals surface area (Å²) in [4.78, 5) is 8.55. The highest BCUT2D eigenvalue weighted by Gasteiger charge is 2.16. The van der Waals surface area contributed by atoms with Gasteiger partial charge in [-0.15, -0.1) is 0 Å². The maximum atomic E-state index is 6.24. The second-order valence-corrected chi connectivity index (χ2v) is 6.26. The molecule has 0 aliphatic heterocycles.